The van der Waals surface area contributed by atoms with Gasteiger partial charge in [0.25, 0.3) is 0 Å². The molecule has 2 unspecified atom stereocenters. The Morgan fingerprint density at radius 3 is 2.70 bits per heavy atom. The average molecular weight is 371 g/mol. The highest BCUT2D eigenvalue weighted by molar-refractivity contribution is 5.94. The number of hydrogen-bond donors (Lipinski definition) is 2. The fourth-order valence-corrected chi connectivity index (χ4v) is 3.98. The standard InChI is InChI=1S/C20H25N3O4/c1-14-13-17(23-27-14)22-19(24)18(15-5-3-2-4-6-15)21-16-7-10-26-20(16)8-11-25-12-9-20/h2-6,13,16,18,21H,7-12H2,1H3,(H,22,23,24). The Hall–Kier alpha value is -2.22. The zero-order valence-electron chi connectivity index (χ0n) is 15.4. The summed E-state index contributed by atoms with van der Waals surface area (Å²) in [5.74, 6) is 0.909. The largest absolute Gasteiger partial charge is 0.381 e. The van der Waals surface area contributed by atoms with E-state index < -0.39 is 6.04 Å². The van der Waals surface area contributed by atoms with Gasteiger partial charge in [-0.15, -0.1) is 0 Å². The average Bonchev–Trinajstić information content (AvgIpc) is 3.27. The predicted molar refractivity (Wildman–Crippen MR) is 99.3 cm³/mol. The number of carbonyl (C=O) groups excluding carboxylic acids is 1. The van der Waals surface area contributed by atoms with Crippen molar-refractivity contribution in [2.24, 2.45) is 0 Å². The van der Waals surface area contributed by atoms with Gasteiger partial charge < -0.3 is 19.3 Å². The first-order valence-corrected chi connectivity index (χ1v) is 9.43. The minimum Gasteiger partial charge on any atom is -0.381 e. The molecule has 0 radical (unpaired) electrons. The summed E-state index contributed by atoms with van der Waals surface area (Å²) in [5, 5.41) is 10.3. The Morgan fingerprint density at radius 2 is 2.00 bits per heavy atom. The van der Waals surface area contributed by atoms with Crippen LogP contribution in [0.15, 0.2) is 40.9 Å². The highest BCUT2D eigenvalue weighted by atomic mass is 16.5. The van der Waals surface area contributed by atoms with Crippen LogP contribution in [0.4, 0.5) is 5.82 Å². The summed E-state index contributed by atoms with van der Waals surface area (Å²) in [6.45, 7) is 3.88. The van der Waals surface area contributed by atoms with Crippen LogP contribution in [-0.4, -0.2) is 42.5 Å². The minimum absolute atomic E-state index is 0.0939. The van der Waals surface area contributed by atoms with Gasteiger partial charge in [0, 0.05) is 44.8 Å². The molecule has 2 atom stereocenters. The number of amides is 1. The Balaban J connectivity index is 1.55. The molecule has 0 saturated carbocycles. The quantitative estimate of drug-likeness (QED) is 0.840. The van der Waals surface area contributed by atoms with Crippen molar-refractivity contribution in [1.82, 2.24) is 10.5 Å². The molecule has 2 fully saturated rings. The molecular formula is C20H25N3O4. The van der Waals surface area contributed by atoms with Gasteiger partial charge in [-0.3, -0.25) is 10.1 Å². The van der Waals surface area contributed by atoms with Gasteiger partial charge >= 0.3 is 0 Å². The lowest BCUT2D eigenvalue weighted by Crippen LogP contribution is -2.53. The zero-order valence-corrected chi connectivity index (χ0v) is 15.4. The van der Waals surface area contributed by atoms with Crippen LogP contribution >= 0.6 is 0 Å². The molecule has 1 spiro atoms. The number of rotatable bonds is 5. The lowest BCUT2D eigenvalue weighted by Gasteiger charge is -2.39. The maximum atomic E-state index is 13.1. The Bertz CT molecular complexity index is 771. The van der Waals surface area contributed by atoms with E-state index in [9.17, 15) is 4.79 Å². The molecule has 0 bridgehead atoms. The molecule has 2 saturated heterocycles. The van der Waals surface area contributed by atoms with E-state index >= 15 is 0 Å². The lowest BCUT2D eigenvalue weighted by atomic mass is 9.85. The van der Waals surface area contributed by atoms with Crippen LogP contribution < -0.4 is 10.6 Å². The van der Waals surface area contributed by atoms with E-state index in [0.717, 1.165) is 24.8 Å². The zero-order chi connectivity index (χ0) is 18.7. The molecule has 2 aliphatic rings. The highest BCUT2D eigenvalue weighted by Crippen LogP contribution is 2.36. The van der Waals surface area contributed by atoms with Crippen molar-refractivity contribution in [1.29, 1.82) is 0 Å². The van der Waals surface area contributed by atoms with Gasteiger partial charge in [0.15, 0.2) is 5.82 Å². The molecule has 7 nitrogen and oxygen atoms in total. The third-order valence-electron chi connectivity index (χ3n) is 5.41. The maximum absolute atomic E-state index is 13.1. The van der Waals surface area contributed by atoms with E-state index in [-0.39, 0.29) is 17.6 Å². The van der Waals surface area contributed by atoms with E-state index in [2.05, 4.69) is 15.8 Å². The molecule has 2 aromatic rings. The highest BCUT2D eigenvalue weighted by Gasteiger charge is 2.46. The number of nitrogens with zero attached hydrogens (tertiary/aromatic N) is 1. The van der Waals surface area contributed by atoms with Crippen molar-refractivity contribution in [2.75, 3.05) is 25.1 Å². The molecule has 144 valence electrons. The van der Waals surface area contributed by atoms with E-state index in [1.807, 2.05) is 30.3 Å². The van der Waals surface area contributed by atoms with Gasteiger partial charge in [-0.05, 0) is 18.9 Å². The fraction of sp³-hybridized carbons (Fsp3) is 0.500. The van der Waals surface area contributed by atoms with Gasteiger partial charge in [0.2, 0.25) is 5.91 Å². The first-order valence-electron chi connectivity index (χ1n) is 9.43. The topological polar surface area (TPSA) is 85.6 Å². The summed E-state index contributed by atoms with van der Waals surface area (Å²) in [4.78, 5) is 13.1. The van der Waals surface area contributed by atoms with Crippen molar-refractivity contribution in [3.05, 3.63) is 47.7 Å². The molecule has 2 aliphatic heterocycles. The summed E-state index contributed by atoms with van der Waals surface area (Å²) >= 11 is 0. The second-order valence-corrected chi connectivity index (χ2v) is 7.19. The van der Waals surface area contributed by atoms with Crippen LogP contribution in [0.25, 0.3) is 0 Å². The Kier molecular flexibility index (Phi) is 5.24. The van der Waals surface area contributed by atoms with Gasteiger partial charge in [0.05, 0.1) is 5.60 Å². The van der Waals surface area contributed by atoms with Crippen LogP contribution in [0, 0.1) is 6.92 Å². The number of aromatic nitrogens is 1. The number of anilines is 1. The number of carbonyl (C=O) groups is 1. The lowest BCUT2D eigenvalue weighted by molar-refractivity contribution is -0.119. The summed E-state index contributed by atoms with van der Waals surface area (Å²) in [7, 11) is 0. The molecule has 1 aromatic carbocycles. The van der Waals surface area contributed by atoms with Crippen LogP contribution in [0.1, 0.15) is 36.6 Å². The Morgan fingerprint density at radius 1 is 1.22 bits per heavy atom. The van der Waals surface area contributed by atoms with Crippen molar-refractivity contribution in [3.8, 4) is 0 Å². The molecule has 2 N–H and O–H groups in total. The summed E-state index contributed by atoms with van der Waals surface area (Å²) in [6, 6.07) is 11.0. The number of nitrogens with one attached hydrogen (secondary N) is 2. The van der Waals surface area contributed by atoms with Gasteiger partial charge in [-0.2, -0.15) is 0 Å². The maximum Gasteiger partial charge on any atom is 0.247 e. The van der Waals surface area contributed by atoms with Gasteiger partial charge in [0.1, 0.15) is 11.8 Å². The van der Waals surface area contributed by atoms with E-state index in [1.54, 1.807) is 13.0 Å². The van der Waals surface area contributed by atoms with Crippen molar-refractivity contribution >= 4 is 11.7 Å². The predicted octanol–water partition coefficient (Wildman–Crippen LogP) is 2.59. The second kappa shape index (κ2) is 7.80. The van der Waals surface area contributed by atoms with Crippen molar-refractivity contribution in [3.63, 3.8) is 0 Å². The Labute approximate surface area is 158 Å². The first-order chi connectivity index (χ1) is 13.2. The number of benzene rings is 1. The normalized spacial score (nSPS) is 22.6. The number of hydrogen-bond acceptors (Lipinski definition) is 6. The molecule has 3 heterocycles. The SMILES string of the molecule is Cc1cc(NC(=O)C(NC2CCOC23CCOCC3)c2ccccc2)no1. The van der Waals surface area contributed by atoms with E-state index in [0.29, 0.717) is 31.4 Å². The molecule has 1 amide bonds. The van der Waals surface area contributed by atoms with Crippen LogP contribution in [-0.2, 0) is 14.3 Å². The first kappa shape index (κ1) is 18.2. The van der Waals surface area contributed by atoms with Crippen molar-refractivity contribution < 1.29 is 18.8 Å². The van der Waals surface area contributed by atoms with Gasteiger partial charge in [-0.25, -0.2) is 0 Å². The minimum atomic E-state index is -0.505. The smallest absolute Gasteiger partial charge is 0.247 e. The third kappa shape index (κ3) is 3.90. The summed E-state index contributed by atoms with van der Waals surface area (Å²) < 4.78 is 16.7. The summed E-state index contributed by atoms with van der Waals surface area (Å²) in [5.41, 5.74) is 0.653. The van der Waals surface area contributed by atoms with Crippen LogP contribution in [0.2, 0.25) is 0 Å². The molecule has 7 heteroatoms. The van der Waals surface area contributed by atoms with Crippen molar-refractivity contribution in [2.45, 2.75) is 43.9 Å². The van der Waals surface area contributed by atoms with Crippen LogP contribution in [0.5, 0.6) is 0 Å². The monoisotopic (exact) mass is 371 g/mol. The molecular weight excluding hydrogens is 346 g/mol. The van der Waals surface area contributed by atoms with E-state index in [1.165, 1.54) is 0 Å². The molecule has 0 aliphatic carbocycles. The van der Waals surface area contributed by atoms with Gasteiger partial charge in [-0.1, -0.05) is 35.5 Å². The number of ether oxygens (including phenoxy) is 2. The molecule has 4 rings (SSSR count). The summed E-state index contributed by atoms with van der Waals surface area (Å²) in [6.07, 6.45) is 2.56. The molecule has 1 aromatic heterocycles. The fourth-order valence-electron chi connectivity index (χ4n) is 3.98. The molecule has 27 heavy (non-hydrogen) atoms. The third-order valence-corrected chi connectivity index (χ3v) is 5.41. The second-order valence-electron chi connectivity index (χ2n) is 7.19. The van der Waals surface area contributed by atoms with E-state index in [4.69, 9.17) is 14.0 Å². The number of aryl methyl sites for hydroxylation is 1. The van der Waals surface area contributed by atoms with Crippen LogP contribution in [0.3, 0.4) is 0 Å².